The van der Waals surface area contributed by atoms with Gasteiger partial charge >= 0.3 is 12.1 Å². The minimum absolute atomic E-state index is 0.0653. The molecule has 3 aromatic carbocycles. The van der Waals surface area contributed by atoms with Crippen molar-refractivity contribution in [3.05, 3.63) is 112 Å². The van der Waals surface area contributed by atoms with Gasteiger partial charge in [0, 0.05) is 24.0 Å². The molecule has 6 nitrogen and oxygen atoms in total. The molecule has 0 atom stereocenters. The summed E-state index contributed by atoms with van der Waals surface area (Å²) in [6.07, 6.45) is -1.39. The van der Waals surface area contributed by atoms with Crippen LogP contribution in [0.15, 0.2) is 78.9 Å². The largest absolute Gasteiger partial charge is 0.478 e. The van der Waals surface area contributed by atoms with Crippen LogP contribution in [-0.4, -0.2) is 29.2 Å². The number of benzene rings is 3. The average molecular weight is 529 g/mol. The Hall–Kier alpha value is -3.89. The highest BCUT2D eigenvalue weighted by Crippen LogP contribution is 2.33. The Morgan fingerprint density at radius 1 is 0.973 bits per heavy atom. The van der Waals surface area contributed by atoms with E-state index in [-0.39, 0.29) is 28.6 Å². The first kappa shape index (κ1) is 26.2. The van der Waals surface area contributed by atoms with Gasteiger partial charge in [-0.25, -0.2) is 17.2 Å². The molecule has 0 amide bonds. The number of alkyl halides is 3. The molecule has 0 saturated heterocycles. The summed E-state index contributed by atoms with van der Waals surface area (Å²) in [6.45, 7) is 0.339. The summed E-state index contributed by atoms with van der Waals surface area (Å²) in [4.78, 5) is 11.1. The van der Waals surface area contributed by atoms with Crippen molar-refractivity contribution in [1.29, 1.82) is 0 Å². The number of aromatic nitrogens is 1. The van der Waals surface area contributed by atoms with Gasteiger partial charge in [0.25, 0.3) is 0 Å². The van der Waals surface area contributed by atoms with E-state index < -0.39 is 33.5 Å². The molecule has 0 spiro atoms. The van der Waals surface area contributed by atoms with E-state index in [2.05, 4.69) is 0 Å². The maximum Gasteiger partial charge on any atom is 0.416 e. The van der Waals surface area contributed by atoms with Crippen molar-refractivity contribution in [1.82, 2.24) is 3.97 Å². The van der Waals surface area contributed by atoms with E-state index in [9.17, 15) is 26.4 Å². The van der Waals surface area contributed by atoms with Crippen LogP contribution in [0.25, 0.3) is 17.0 Å². The summed E-state index contributed by atoms with van der Waals surface area (Å²) < 4.78 is 67.9. The zero-order chi connectivity index (χ0) is 26.8. The van der Waals surface area contributed by atoms with Crippen molar-refractivity contribution in [2.75, 3.05) is 5.75 Å². The standard InChI is InChI=1S/C27H23F3N2O4S/c28-27(29,30)23-10-11-25-22(15-23)16-24(14-19-6-8-21(9-7-19)26(33)34)32(25)37(35,36)12-2-5-18-3-1-4-20(13-18)17-31/h1-11,13,15-16H,12,14,17,31H2,(H,33,34). The van der Waals surface area contributed by atoms with E-state index >= 15 is 0 Å². The highest BCUT2D eigenvalue weighted by atomic mass is 32.2. The SMILES string of the molecule is NCc1cccc(C=CCS(=O)(=O)n2c(Cc3ccc(C(=O)O)cc3)cc3cc(C(F)(F)F)ccc32)c1. The molecule has 4 aromatic rings. The van der Waals surface area contributed by atoms with E-state index in [0.29, 0.717) is 12.1 Å². The first-order valence-electron chi connectivity index (χ1n) is 11.2. The van der Waals surface area contributed by atoms with Gasteiger partial charge in [-0.3, -0.25) is 0 Å². The minimum Gasteiger partial charge on any atom is -0.478 e. The Morgan fingerprint density at radius 3 is 2.35 bits per heavy atom. The van der Waals surface area contributed by atoms with E-state index in [0.717, 1.165) is 33.3 Å². The van der Waals surface area contributed by atoms with Crippen LogP contribution in [-0.2, 0) is 29.2 Å². The number of rotatable bonds is 8. The van der Waals surface area contributed by atoms with Gasteiger partial charge in [0.05, 0.1) is 22.4 Å². The molecule has 3 N–H and O–H groups in total. The van der Waals surface area contributed by atoms with Gasteiger partial charge in [-0.2, -0.15) is 13.2 Å². The van der Waals surface area contributed by atoms with Crippen molar-refractivity contribution in [3.63, 3.8) is 0 Å². The molecule has 0 unspecified atom stereocenters. The molecule has 0 radical (unpaired) electrons. The molecule has 1 aromatic heterocycles. The Morgan fingerprint density at radius 2 is 1.70 bits per heavy atom. The van der Waals surface area contributed by atoms with Crippen molar-refractivity contribution in [3.8, 4) is 0 Å². The van der Waals surface area contributed by atoms with Gasteiger partial charge in [0.1, 0.15) is 0 Å². The molecule has 37 heavy (non-hydrogen) atoms. The lowest BCUT2D eigenvalue weighted by Gasteiger charge is -2.12. The average Bonchev–Trinajstić information content (AvgIpc) is 3.22. The van der Waals surface area contributed by atoms with Crippen molar-refractivity contribution in [2.45, 2.75) is 19.1 Å². The molecule has 0 fully saturated rings. The number of nitrogens with two attached hydrogens (primary N) is 1. The second-order valence-electron chi connectivity index (χ2n) is 8.48. The highest BCUT2D eigenvalue weighted by molar-refractivity contribution is 7.90. The first-order valence-corrected chi connectivity index (χ1v) is 12.8. The van der Waals surface area contributed by atoms with Crippen molar-refractivity contribution < 1.29 is 31.5 Å². The van der Waals surface area contributed by atoms with Crippen LogP contribution in [0, 0.1) is 0 Å². The lowest BCUT2D eigenvalue weighted by atomic mass is 10.1. The predicted octanol–water partition coefficient (Wildman–Crippen LogP) is 5.30. The number of carboxylic acid groups (broad SMARTS) is 1. The number of halogens is 3. The zero-order valence-electron chi connectivity index (χ0n) is 19.4. The van der Waals surface area contributed by atoms with Gasteiger partial charge in [-0.1, -0.05) is 48.6 Å². The quantitative estimate of drug-likeness (QED) is 0.323. The van der Waals surface area contributed by atoms with Gasteiger partial charge in [-0.15, -0.1) is 0 Å². The molecule has 4 rings (SSSR count). The van der Waals surface area contributed by atoms with E-state index in [1.165, 1.54) is 24.3 Å². The van der Waals surface area contributed by atoms with Crippen LogP contribution in [0.3, 0.4) is 0 Å². The second kappa shape index (κ2) is 10.2. The van der Waals surface area contributed by atoms with Crippen molar-refractivity contribution in [2.24, 2.45) is 5.73 Å². The van der Waals surface area contributed by atoms with Crippen LogP contribution in [0.2, 0.25) is 0 Å². The number of hydrogen-bond acceptors (Lipinski definition) is 4. The molecule has 0 bridgehead atoms. The first-order chi connectivity index (χ1) is 17.5. The molecule has 1 heterocycles. The smallest absolute Gasteiger partial charge is 0.416 e. The van der Waals surface area contributed by atoms with Gasteiger partial charge in [0.15, 0.2) is 0 Å². The Bertz CT molecular complexity index is 1590. The third-order valence-electron chi connectivity index (χ3n) is 5.82. The number of fused-ring (bicyclic) bond motifs is 1. The summed E-state index contributed by atoms with van der Waals surface area (Å²) in [6, 6.07) is 17.5. The number of carbonyl (C=O) groups is 1. The summed E-state index contributed by atoms with van der Waals surface area (Å²) in [5.41, 5.74) is 7.48. The number of nitrogens with zero attached hydrogens (tertiary/aromatic N) is 1. The Balaban J connectivity index is 1.74. The third kappa shape index (κ3) is 5.92. The van der Waals surface area contributed by atoms with Gasteiger partial charge in [-0.05, 0) is 53.1 Å². The predicted molar refractivity (Wildman–Crippen MR) is 136 cm³/mol. The molecule has 0 saturated carbocycles. The van der Waals surface area contributed by atoms with E-state index in [4.69, 9.17) is 10.8 Å². The molecule has 10 heteroatoms. The maximum atomic E-state index is 13.4. The summed E-state index contributed by atoms with van der Waals surface area (Å²) >= 11 is 0. The fourth-order valence-corrected chi connectivity index (χ4v) is 5.48. The molecule has 0 aliphatic heterocycles. The molecule has 0 aliphatic rings. The molecule has 192 valence electrons. The van der Waals surface area contributed by atoms with Gasteiger partial charge in [0.2, 0.25) is 10.0 Å². The topological polar surface area (TPSA) is 102 Å². The van der Waals surface area contributed by atoms with Crippen molar-refractivity contribution >= 4 is 33.0 Å². The summed E-state index contributed by atoms with van der Waals surface area (Å²) in [5.74, 6) is -1.50. The van der Waals surface area contributed by atoms with E-state index in [1.54, 1.807) is 24.3 Å². The third-order valence-corrected chi connectivity index (χ3v) is 7.43. The van der Waals surface area contributed by atoms with Crippen LogP contribution in [0.4, 0.5) is 13.2 Å². The van der Waals surface area contributed by atoms with Crippen LogP contribution < -0.4 is 5.73 Å². The Kier molecular flexibility index (Phi) is 7.24. The number of carboxylic acids is 1. The fourth-order valence-electron chi connectivity index (χ4n) is 4.05. The normalized spacial score (nSPS) is 12.4. The summed E-state index contributed by atoms with van der Waals surface area (Å²) in [5, 5.41) is 9.24. The zero-order valence-corrected chi connectivity index (χ0v) is 20.3. The van der Waals surface area contributed by atoms with Crippen LogP contribution in [0.1, 0.15) is 38.3 Å². The minimum atomic E-state index is -4.58. The second-order valence-corrected chi connectivity index (χ2v) is 10.3. The highest BCUT2D eigenvalue weighted by Gasteiger charge is 2.31. The number of hydrogen-bond donors (Lipinski definition) is 2. The Labute approximate surface area is 211 Å². The lowest BCUT2D eigenvalue weighted by Crippen LogP contribution is -2.18. The van der Waals surface area contributed by atoms with E-state index in [1.807, 2.05) is 18.2 Å². The fraction of sp³-hybridized carbons (Fsp3) is 0.148. The molecular weight excluding hydrogens is 505 g/mol. The van der Waals surface area contributed by atoms with Gasteiger partial charge < -0.3 is 10.8 Å². The van der Waals surface area contributed by atoms with Crippen LogP contribution in [0.5, 0.6) is 0 Å². The molecule has 0 aliphatic carbocycles. The van der Waals surface area contributed by atoms with Crippen LogP contribution >= 0.6 is 0 Å². The number of aromatic carboxylic acids is 1. The summed E-state index contributed by atoms with van der Waals surface area (Å²) in [7, 11) is -4.02. The monoisotopic (exact) mass is 528 g/mol. The maximum absolute atomic E-state index is 13.4. The lowest BCUT2D eigenvalue weighted by molar-refractivity contribution is -0.137. The molecular formula is C27H23F3N2O4S.